The number of carbonyl (C=O) groups excluding carboxylic acids is 1. The van der Waals surface area contributed by atoms with Gasteiger partial charge in [-0.05, 0) is 29.3 Å². The minimum Gasteiger partial charge on any atom is -0.302 e. The van der Waals surface area contributed by atoms with Crippen LogP contribution in [0.2, 0.25) is 0 Å². The van der Waals surface area contributed by atoms with E-state index in [1.54, 1.807) is 12.1 Å². The van der Waals surface area contributed by atoms with Crippen molar-refractivity contribution in [3.63, 3.8) is 0 Å². The quantitative estimate of drug-likeness (QED) is 0.494. The first kappa shape index (κ1) is 18.5. The van der Waals surface area contributed by atoms with Crippen molar-refractivity contribution in [1.29, 1.82) is 0 Å². The van der Waals surface area contributed by atoms with Crippen LogP contribution in [0.4, 0.5) is 10.8 Å². The SMILES string of the molecule is CC(=O)Nc1nc(C=Cc2ccc([N+](=O)[O-])cc2)c(Cc2ccccc2)s1. The zero-order valence-electron chi connectivity index (χ0n) is 14.6. The van der Waals surface area contributed by atoms with Gasteiger partial charge in [0.2, 0.25) is 5.91 Å². The highest BCUT2D eigenvalue weighted by atomic mass is 32.1. The van der Waals surface area contributed by atoms with E-state index in [0.717, 1.165) is 21.7 Å². The first-order chi connectivity index (χ1) is 13.0. The van der Waals surface area contributed by atoms with Crippen molar-refractivity contribution >= 4 is 40.2 Å². The fraction of sp³-hybridized carbons (Fsp3) is 0.100. The molecule has 0 unspecified atom stereocenters. The maximum Gasteiger partial charge on any atom is 0.269 e. The first-order valence-electron chi connectivity index (χ1n) is 8.25. The van der Waals surface area contributed by atoms with Crippen LogP contribution >= 0.6 is 11.3 Å². The number of rotatable bonds is 6. The predicted octanol–water partition coefficient (Wildman–Crippen LogP) is 4.77. The van der Waals surface area contributed by atoms with Crippen LogP contribution < -0.4 is 5.32 Å². The van der Waals surface area contributed by atoms with Gasteiger partial charge < -0.3 is 5.32 Å². The molecule has 0 saturated carbocycles. The molecule has 1 heterocycles. The third-order valence-electron chi connectivity index (χ3n) is 3.76. The second-order valence-corrected chi connectivity index (χ2v) is 6.94. The fourth-order valence-corrected chi connectivity index (χ4v) is 3.52. The van der Waals surface area contributed by atoms with Crippen LogP contribution in [0.25, 0.3) is 12.2 Å². The highest BCUT2D eigenvalue weighted by Crippen LogP contribution is 2.27. The minimum absolute atomic E-state index is 0.0542. The Morgan fingerprint density at radius 1 is 1.15 bits per heavy atom. The van der Waals surface area contributed by atoms with E-state index in [1.165, 1.54) is 30.4 Å². The minimum atomic E-state index is -0.425. The van der Waals surface area contributed by atoms with Crippen molar-refractivity contribution in [2.75, 3.05) is 5.32 Å². The molecule has 0 fully saturated rings. The van der Waals surface area contributed by atoms with Gasteiger partial charge in [0.15, 0.2) is 5.13 Å². The number of hydrogen-bond acceptors (Lipinski definition) is 5. The molecule has 0 saturated heterocycles. The topological polar surface area (TPSA) is 85.1 Å². The lowest BCUT2D eigenvalue weighted by Crippen LogP contribution is -2.04. The molecule has 6 nitrogen and oxygen atoms in total. The van der Waals surface area contributed by atoms with Gasteiger partial charge in [-0.2, -0.15) is 0 Å². The van der Waals surface area contributed by atoms with Crippen molar-refractivity contribution in [1.82, 2.24) is 4.98 Å². The number of anilines is 1. The normalized spacial score (nSPS) is 10.9. The molecular formula is C20H17N3O3S. The number of thiazole rings is 1. The number of nitrogens with one attached hydrogen (secondary N) is 1. The summed E-state index contributed by atoms with van der Waals surface area (Å²) < 4.78 is 0. The van der Waals surface area contributed by atoms with Crippen LogP contribution in [-0.4, -0.2) is 15.8 Å². The monoisotopic (exact) mass is 379 g/mol. The molecule has 0 aliphatic heterocycles. The summed E-state index contributed by atoms with van der Waals surface area (Å²) in [6, 6.07) is 16.3. The van der Waals surface area contributed by atoms with Gasteiger partial charge in [-0.3, -0.25) is 14.9 Å². The van der Waals surface area contributed by atoms with Crippen molar-refractivity contribution in [3.8, 4) is 0 Å². The van der Waals surface area contributed by atoms with E-state index in [-0.39, 0.29) is 11.6 Å². The van der Waals surface area contributed by atoms with E-state index in [9.17, 15) is 14.9 Å². The predicted molar refractivity (Wildman–Crippen MR) is 108 cm³/mol. The van der Waals surface area contributed by atoms with E-state index >= 15 is 0 Å². The van der Waals surface area contributed by atoms with Crippen LogP contribution in [0, 0.1) is 10.1 Å². The van der Waals surface area contributed by atoms with Crippen LogP contribution in [0.15, 0.2) is 54.6 Å². The second-order valence-electron chi connectivity index (χ2n) is 5.85. The number of nitro benzene ring substituents is 1. The summed E-state index contributed by atoms with van der Waals surface area (Å²) in [5, 5.41) is 14.0. The van der Waals surface area contributed by atoms with Crippen LogP contribution in [0.5, 0.6) is 0 Å². The number of nitro groups is 1. The third kappa shape index (κ3) is 5.08. The van der Waals surface area contributed by atoms with Gasteiger partial charge in [-0.15, -0.1) is 11.3 Å². The number of nitrogens with zero attached hydrogens (tertiary/aromatic N) is 2. The van der Waals surface area contributed by atoms with Crippen molar-refractivity contribution in [3.05, 3.63) is 86.4 Å². The Hall–Kier alpha value is -3.32. The molecule has 0 aliphatic carbocycles. The maximum absolute atomic E-state index is 11.3. The Morgan fingerprint density at radius 3 is 2.48 bits per heavy atom. The van der Waals surface area contributed by atoms with Crippen molar-refractivity contribution in [2.45, 2.75) is 13.3 Å². The standard InChI is InChI=1S/C20H17N3O3S/c1-14(24)21-20-22-18(19(27-20)13-16-5-3-2-4-6-16)12-9-15-7-10-17(11-8-15)23(25)26/h2-12H,13H2,1H3,(H,21,22,24). The molecule has 0 aliphatic rings. The summed E-state index contributed by atoms with van der Waals surface area (Å²) in [6.45, 7) is 1.45. The molecule has 3 aromatic rings. The highest BCUT2D eigenvalue weighted by Gasteiger charge is 2.11. The lowest BCUT2D eigenvalue weighted by Gasteiger charge is -1.99. The molecule has 2 aromatic carbocycles. The molecule has 0 bridgehead atoms. The molecule has 136 valence electrons. The Balaban J connectivity index is 1.86. The molecule has 1 amide bonds. The summed E-state index contributed by atoms with van der Waals surface area (Å²) in [7, 11) is 0. The zero-order chi connectivity index (χ0) is 19.2. The Labute approximate surface area is 160 Å². The Bertz CT molecular complexity index is 979. The van der Waals surface area contributed by atoms with Gasteiger partial charge in [-0.25, -0.2) is 4.98 Å². The van der Waals surface area contributed by atoms with Gasteiger partial charge in [0, 0.05) is 30.4 Å². The maximum atomic E-state index is 11.3. The summed E-state index contributed by atoms with van der Waals surface area (Å²) in [5.41, 5.74) is 2.81. The molecule has 27 heavy (non-hydrogen) atoms. The summed E-state index contributed by atoms with van der Waals surface area (Å²) in [6.07, 6.45) is 4.42. The van der Waals surface area contributed by atoms with E-state index < -0.39 is 4.92 Å². The molecule has 0 atom stereocenters. The van der Waals surface area contributed by atoms with Gasteiger partial charge in [-0.1, -0.05) is 36.4 Å². The molecular weight excluding hydrogens is 362 g/mol. The van der Waals surface area contributed by atoms with Crippen LogP contribution in [0.1, 0.15) is 28.6 Å². The largest absolute Gasteiger partial charge is 0.302 e. The van der Waals surface area contributed by atoms with E-state index in [0.29, 0.717) is 11.6 Å². The number of non-ortho nitro benzene ring substituents is 1. The molecule has 3 rings (SSSR count). The van der Waals surface area contributed by atoms with E-state index in [1.807, 2.05) is 42.5 Å². The van der Waals surface area contributed by atoms with Crippen LogP contribution in [0.3, 0.4) is 0 Å². The lowest BCUT2D eigenvalue weighted by atomic mass is 10.1. The van der Waals surface area contributed by atoms with Gasteiger partial charge in [0.1, 0.15) is 0 Å². The number of carbonyl (C=O) groups is 1. The lowest BCUT2D eigenvalue weighted by molar-refractivity contribution is -0.384. The van der Waals surface area contributed by atoms with Gasteiger partial charge in [0.25, 0.3) is 5.69 Å². The summed E-state index contributed by atoms with van der Waals surface area (Å²) in [4.78, 5) is 27.2. The zero-order valence-corrected chi connectivity index (χ0v) is 15.4. The average molecular weight is 379 g/mol. The van der Waals surface area contributed by atoms with E-state index in [4.69, 9.17) is 0 Å². The number of amides is 1. The van der Waals surface area contributed by atoms with Crippen molar-refractivity contribution < 1.29 is 9.72 Å². The second kappa shape index (κ2) is 8.37. The third-order valence-corrected chi connectivity index (χ3v) is 4.74. The molecule has 0 radical (unpaired) electrons. The molecule has 1 N–H and O–H groups in total. The summed E-state index contributed by atoms with van der Waals surface area (Å²) in [5.74, 6) is -0.166. The molecule has 0 spiro atoms. The van der Waals surface area contributed by atoms with Crippen molar-refractivity contribution in [2.24, 2.45) is 0 Å². The summed E-state index contributed by atoms with van der Waals surface area (Å²) >= 11 is 1.44. The van der Waals surface area contributed by atoms with Gasteiger partial charge in [0.05, 0.1) is 10.6 Å². The first-order valence-corrected chi connectivity index (χ1v) is 9.06. The average Bonchev–Trinajstić information content (AvgIpc) is 3.01. The number of hydrogen-bond donors (Lipinski definition) is 1. The fourth-order valence-electron chi connectivity index (χ4n) is 2.49. The van der Waals surface area contributed by atoms with E-state index in [2.05, 4.69) is 10.3 Å². The molecule has 1 aromatic heterocycles. The number of benzene rings is 2. The smallest absolute Gasteiger partial charge is 0.269 e. The molecule has 7 heteroatoms. The van der Waals surface area contributed by atoms with Gasteiger partial charge >= 0.3 is 0 Å². The number of aromatic nitrogens is 1. The highest BCUT2D eigenvalue weighted by molar-refractivity contribution is 7.16. The Morgan fingerprint density at radius 2 is 1.85 bits per heavy atom. The Kier molecular flexibility index (Phi) is 5.73. The van der Waals surface area contributed by atoms with Crippen LogP contribution in [-0.2, 0) is 11.2 Å².